The number of rotatable bonds is 2. The molecule has 7 heteroatoms. The zero-order chi connectivity index (χ0) is 11.7. The Bertz CT molecular complexity index is 243. The Hall–Kier alpha value is -1.89. The molecule has 0 unspecified atom stereocenters. The third kappa shape index (κ3) is 12.8. The third-order valence-electron chi connectivity index (χ3n) is 0.722. The molecule has 0 aromatic rings. The van der Waals surface area contributed by atoms with Crippen LogP contribution in [0.1, 0.15) is 6.92 Å². The number of hydrogen-bond donors (Lipinski definition) is 3. The van der Waals surface area contributed by atoms with Gasteiger partial charge in [-0.2, -0.15) is 0 Å². The first kappa shape index (κ1) is 14.6. The van der Waals surface area contributed by atoms with Gasteiger partial charge < -0.3 is 20.7 Å². The molecule has 0 aliphatic heterocycles. The minimum atomic E-state index is -1.83. The Kier molecular flexibility index (Phi) is 8.09. The summed E-state index contributed by atoms with van der Waals surface area (Å²) in [7, 11) is 0. The SMILES string of the molecule is C=C(C)C(=O)OC(=O)CN.O=C(O)O. The van der Waals surface area contributed by atoms with Crippen molar-refractivity contribution in [3.8, 4) is 0 Å². The molecule has 0 saturated carbocycles. The van der Waals surface area contributed by atoms with Gasteiger partial charge in [-0.05, 0) is 6.92 Å². The molecule has 0 atom stereocenters. The highest BCUT2D eigenvalue weighted by atomic mass is 16.6. The highest BCUT2D eigenvalue weighted by molar-refractivity contribution is 5.95. The first-order valence-corrected chi connectivity index (χ1v) is 3.33. The van der Waals surface area contributed by atoms with Gasteiger partial charge in [0.1, 0.15) is 0 Å². The molecular formula is C7H11NO6. The van der Waals surface area contributed by atoms with Crippen LogP contribution >= 0.6 is 0 Å². The van der Waals surface area contributed by atoms with Crippen molar-refractivity contribution in [1.29, 1.82) is 0 Å². The van der Waals surface area contributed by atoms with Gasteiger partial charge in [0.05, 0.1) is 6.54 Å². The molecule has 0 bridgehead atoms. The van der Waals surface area contributed by atoms with Gasteiger partial charge >= 0.3 is 18.1 Å². The molecule has 0 spiro atoms. The van der Waals surface area contributed by atoms with Crippen LogP contribution in [0.4, 0.5) is 4.79 Å². The summed E-state index contributed by atoms with van der Waals surface area (Å²) >= 11 is 0. The number of hydrogen-bond acceptors (Lipinski definition) is 5. The van der Waals surface area contributed by atoms with E-state index in [4.69, 9.17) is 20.7 Å². The highest BCUT2D eigenvalue weighted by Gasteiger charge is 2.07. The van der Waals surface area contributed by atoms with E-state index in [-0.39, 0.29) is 12.1 Å². The minimum Gasteiger partial charge on any atom is -0.450 e. The normalized spacial score (nSPS) is 7.86. The maximum Gasteiger partial charge on any atom is 0.503 e. The summed E-state index contributed by atoms with van der Waals surface area (Å²) in [6.45, 7) is 4.43. The van der Waals surface area contributed by atoms with Gasteiger partial charge in [-0.3, -0.25) is 4.79 Å². The predicted molar refractivity (Wildman–Crippen MR) is 45.6 cm³/mol. The largest absolute Gasteiger partial charge is 0.503 e. The molecule has 0 radical (unpaired) electrons. The van der Waals surface area contributed by atoms with Crippen molar-refractivity contribution in [3.63, 3.8) is 0 Å². The Morgan fingerprint density at radius 1 is 1.36 bits per heavy atom. The Morgan fingerprint density at radius 3 is 1.93 bits per heavy atom. The third-order valence-corrected chi connectivity index (χ3v) is 0.722. The average Bonchev–Trinajstić information content (AvgIpc) is 2.02. The number of carboxylic acid groups (broad SMARTS) is 2. The van der Waals surface area contributed by atoms with Crippen LogP contribution in [0.15, 0.2) is 12.2 Å². The lowest BCUT2D eigenvalue weighted by molar-refractivity contribution is -0.155. The van der Waals surface area contributed by atoms with Gasteiger partial charge in [0.25, 0.3) is 0 Å². The molecule has 0 saturated heterocycles. The van der Waals surface area contributed by atoms with Crippen molar-refractivity contribution < 1.29 is 29.3 Å². The van der Waals surface area contributed by atoms with E-state index in [1.807, 2.05) is 0 Å². The van der Waals surface area contributed by atoms with Crippen molar-refractivity contribution in [2.45, 2.75) is 6.92 Å². The van der Waals surface area contributed by atoms with Crippen LogP contribution in [0.3, 0.4) is 0 Å². The summed E-state index contributed by atoms with van der Waals surface area (Å²) in [5, 5.41) is 13.9. The van der Waals surface area contributed by atoms with E-state index >= 15 is 0 Å². The van der Waals surface area contributed by atoms with Crippen LogP contribution in [0.5, 0.6) is 0 Å². The van der Waals surface area contributed by atoms with Crippen LogP contribution in [0.25, 0.3) is 0 Å². The topological polar surface area (TPSA) is 127 Å². The molecule has 0 amide bonds. The first-order chi connectivity index (χ1) is 6.31. The molecule has 4 N–H and O–H groups in total. The fourth-order valence-corrected chi connectivity index (χ4v) is 0.232. The van der Waals surface area contributed by atoms with Gasteiger partial charge in [-0.25, -0.2) is 9.59 Å². The molecule has 0 fully saturated rings. The monoisotopic (exact) mass is 205 g/mol. The fraction of sp³-hybridized carbons (Fsp3) is 0.286. The van der Waals surface area contributed by atoms with E-state index in [0.29, 0.717) is 0 Å². The fourth-order valence-electron chi connectivity index (χ4n) is 0.232. The molecule has 0 aromatic heterocycles. The predicted octanol–water partition coefficient (Wildman–Crippen LogP) is -0.187. The standard InChI is InChI=1S/C6H9NO3.CH2O3/c1-4(2)6(9)10-5(8)3-7;2-1(3)4/h1,3,7H2,2H3;(H2,2,3,4). The molecule has 0 rings (SSSR count). The lowest BCUT2D eigenvalue weighted by Crippen LogP contribution is -2.20. The summed E-state index contributed by atoms with van der Waals surface area (Å²) < 4.78 is 4.16. The van der Waals surface area contributed by atoms with Gasteiger partial charge in [0.2, 0.25) is 0 Å². The van der Waals surface area contributed by atoms with E-state index < -0.39 is 18.1 Å². The van der Waals surface area contributed by atoms with E-state index in [2.05, 4.69) is 11.3 Å². The molecule has 7 nitrogen and oxygen atoms in total. The van der Waals surface area contributed by atoms with E-state index in [1.165, 1.54) is 6.92 Å². The van der Waals surface area contributed by atoms with Crippen molar-refractivity contribution >= 4 is 18.1 Å². The lowest BCUT2D eigenvalue weighted by atomic mass is 10.4. The minimum absolute atomic E-state index is 0.182. The zero-order valence-electron chi connectivity index (χ0n) is 7.52. The molecule has 14 heavy (non-hydrogen) atoms. The summed E-state index contributed by atoms with van der Waals surface area (Å²) in [5.41, 5.74) is 5.05. The smallest absolute Gasteiger partial charge is 0.450 e. The molecule has 0 aliphatic rings. The van der Waals surface area contributed by atoms with Gasteiger partial charge in [0.15, 0.2) is 0 Å². The van der Waals surface area contributed by atoms with Crippen LogP contribution in [0.2, 0.25) is 0 Å². The number of nitrogens with two attached hydrogens (primary N) is 1. The summed E-state index contributed by atoms with van der Waals surface area (Å²) in [6, 6.07) is 0. The quantitative estimate of drug-likeness (QED) is 0.324. The number of esters is 2. The van der Waals surface area contributed by atoms with E-state index in [0.717, 1.165) is 0 Å². The average molecular weight is 205 g/mol. The molecule has 0 heterocycles. The highest BCUT2D eigenvalue weighted by Crippen LogP contribution is 1.90. The maximum atomic E-state index is 10.5. The Balaban J connectivity index is 0. The van der Waals surface area contributed by atoms with Crippen LogP contribution in [0, 0.1) is 0 Å². The second-order valence-corrected chi connectivity index (χ2v) is 2.03. The summed E-state index contributed by atoms with van der Waals surface area (Å²) in [5.74, 6) is -1.47. The first-order valence-electron chi connectivity index (χ1n) is 3.33. The Morgan fingerprint density at radius 2 is 1.71 bits per heavy atom. The zero-order valence-corrected chi connectivity index (χ0v) is 7.52. The second kappa shape index (κ2) is 7.74. The number of carbonyl (C=O) groups is 3. The van der Waals surface area contributed by atoms with Crippen molar-refractivity contribution in [2.24, 2.45) is 5.73 Å². The van der Waals surface area contributed by atoms with Gasteiger partial charge in [0, 0.05) is 5.57 Å². The van der Waals surface area contributed by atoms with Crippen LogP contribution in [-0.4, -0.2) is 34.9 Å². The molecule has 80 valence electrons. The van der Waals surface area contributed by atoms with Crippen molar-refractivity contribution in [3.05, 3.63) is 12.2 Å². The Labute approximate surface area is 79.8 Å². The maximum absolute atomic E-state index is 10.5. The number of ether oxygens (including phenoxy) is 1. The molecule has 0 aromatic carbocycles. The van der Waals surface area contributed by atoms with Crippen LogP contribution < -0.4 is 5.73 Å². The van der Waals surface area contributed by atoms with Crippen molar-refractivity contribution in [2.75, 3.05) is 6.54 Å². The second-order valence-electron chi connectivity index (χ2n) is 2.03. The summed E-state index contributed by atoms with van der Waals surface area (Å²) in [4.78, 5) is 29.4. The van der Waals surface area contributed by atoms with Crippen LogP contribution in [-0.2, 0) is 14.3 Å². The number of carbonyl (C=O) groups excluding carboxylic acids is 2. The van der Waals surface area contributed by atoms with Gasteiger partial charge in [-0.1, -0.05) is 6.58 Å². The summed E-state index contributed by atoms with van der Waals surface area (Å²) in [6.07, 6.45) is -1.83. The molecular weight excluding hydrogens is 194 g/mol. The van der Waals surface area contributed by atoms with Gasteiger partial charge in [-0.15, -0.1) is 0 Å². The molecule has 0 aliphatic carbocycles. The van der Waals surface area contributed by atoms with E-state index in [1.54, 1.807) is 0 Å². The van der Waals surface area contributed by atoms with Crippen molar-refractivity contribution in [1.82, 2.24) is 0 Å². The lowest BCUT2D eigenvalue weighted by Gasteiger charge is -1.97. The van der Waals surface area contributed by atoms with E-state index in [9.17, 15) is 9.59 Å².